The molecule has 0 saturated carbocycles. The van der Waals surface area contributed by atoms with Crippen LogP contribution in [0, 0.1) is 0 Å². The van der Waals surface area contributed by atoms with Crippen LogP contribution in [0.3, 0.4) is 0 Å². The summed E-state index contributed by atoms with van der Waals surface area (Å²) in [4.78, 5) is 11.0. The number of ether oxygens (including phenoxy) is 1. The highest BCUT2D eigenvalue weighted by Crippen LogP contribution is 1.86. The lowest BCUT2D eigenvalue weighted by atomic mass is 10.3. The van der Waals surface area contributed by atoms with Gasteiger partial charge in [-0.3, -0.25) is 4.79 Å². The van der Waals surface area contributed by atoms with Crippen molar-refractivity contribution < 1.29 is 19.7 Å². The van der Waals surface area contributed by atoms with Gasteiger partial charge in [0.05, 0.1) is 25.9 Å². The Kier molecular flexibility index (Phi) is 7.57. The number of hydrogen-bond donors (Lipinski definition) is 3. The Morgan fingerprint density at radius 3 is 2.54 bits per heavy atom. The van der Waals surface area contributed by atoms with Gasteiger partial charge in [-0.1, -0.05) is 0 Å². The van der Waals surface area contributed by atoms with E-state index in [-0.39, 0.29) is 25.5 Å². The largest absolute Gasteiger partial charge is 0.394 e. The third-order valence-electron chi connectivity index (χ3n) is 1.48. The molecule has 0 aliphatic heterocycles. The molecule has 5 heteroatoms. The highest BCUT2D eigenvalue weighted by molar-refractivity contribution is 5.76. The Labute approximate surface area is 77.7 Å². The molecule has 78 valence electrons. The zero-order valence-corrected chi connectivity index (χ0v) is 7.82. The SMILES string of the molecule is CCOCCC(=O)NC(CO)CO. The monoisotopic (exact) mass is 191 g/mol. The average Bonchev–Trinajstić information content (AvgIpc) is 2.14. The molecule has 0 fully saturated rings. The summed E-state index contributed by atoms with van der Waals surface area (Å²) in [5.74, 6) is -0.221. The molecule has 0 aliphatic rings. The minimum atomic E-state index is -0.561. The molecule has 0 aromatic rings. The standard InChI is InChI=1S/C8H17NO4/c1-2-13-4-3-8(12)9-7(5-10)6-11/h7,10-11H,2-6H2,1H3,(H,9,12). The van der Waals surface area contributed by atoms with Crippen LogP contribution in [0.5, 0.6) is 0 Å². The number of carbonyl (C=O) groups excluding carboxylic acids is 1. The van der Waals surface area contributed by atoms with Crippen LogP contribution >= 0.6 is 0 Å². The molecular formula is C8H17NO4. The first-order valence-corrected chi connectivity index (χ1v) is 4.33. The first-order valence-electron chi connectivity index (χ1n) is 4.33. The summed E-state index contributed by atoms with van der Waals surface area (Å²) in [6, 6.07) is -0.561. The van der Waals surface area contributed by atoms with Gasteiger partial charge in [0.2, 0.25) is 5.91 Å². The van der Waals surface area contributed by atoms with Gasteiger partial charge in [0.1, 0.15) is 0 Å². The first-order chi connectivity index (χ1) is 6.24. The summed E-state index contributed by atoms with van der Waals surface area (Å²) in [6.07, 6.45) is 0.254. The topological polar surface area (TPSA) is 78.8 Å². The Morgan fingerprint density at radius 1 is 1.46 bits per heavy atom. The molecule has 0 rings (SSSR count). The van der Waals surface area contributed by atoms with Crippen LogP contribution in [0.2, 0.25) is 0 Å². The lowest BCUT2D eigenvalue weighted by Crippen LogP contribution is -2.40. The maximum atomic E-state index is 11.0. The zero-order chi connectivity index (χ0) is 10.1. The van der Waals surface area contributed by atoms with E-state index >= 15 is 0 Å². The van der Waals surface area contributed by atoms with Crippen LogP contribution in [0.4, 0.5) is 0 Å². The molecule has 3 N–H and O–H groups in total. The molecule has 0 atom stereocenters. The number of nitrogens with one attached hydrogen (secondary N) is 1. The molecule has 0 spiro atoms. The van der Waals surface area contributed by atoms with Crippen LogP contribution in [0.15, 0.2) is 0 Å². The lowest BCUT2D eigenvalue weighted by Gasteiger charge is -2.12. The van der Waals surface area contributed by atoms with Crippen molar-refractivity contribution in [2.24, 2.45) is 0 Å². The molecule has 0 aromatic carbocycles. The molecule has 0 radical (unpaired) electrons. The van der Waals surface area contributed by atoms with Crippen molar-refractivity contribution >= 4 is 5.91 Å². The predicted octanol–water partition coefficient (Wildman–Crippen LogP) is -1.12. The van der Waals surface area contributed by atoms with Crippen molar-refractivity contribution in [3.63, 3.8) is 0 Å². The molecule has 0 heterocycles. The Balaban J connectivity index is 3.48. The first kappa shape index (κ1) is 12.3. The predicted molar refractivity (Wildman–Crippen MR) is 47.2 cm³/mol. The fraction of sp³-hybridized carbons (Fsp3) is 0.875. The molecule has 0 bridgehead atoms. The maximum Gasteiger partial charge on any atom is 0.222 e. The molecule has 5 nitrogen and oxygen atoms in total. The zero-order valence-electron chi connectivity index (χ0n) is 7.82. The van der Waals surface area contributed by atoms with E-state index in [9.17, 15) is 4.79 Å². The van der Waals surface area contributed by atoms with E-state index in [0.29, 0.717) is 13.2 Å². The molecule has 0 unspecified atom stereocenters. The number of rotatable bonds is 7. The minimum Gasteiger partial charge on any atom is -0.394 e. The van der Waals surface area contributed by atoms with E-state index < -0.39 is 6.04 Å². The molecular weight excluding hydrogens is 174 g/mol. The second-order valence-corrected chi connectivity index (χ2v) is 2.58. The Morgan fingerprint density at radius 2 is 2.08 bits per heavy atom. The third-order valence-corrected chi connectivity index (χ3v) is 1.48. The fourth-order valence-electron chi connectivity index (χ4n) is 0.758. The second-order valence-electron chi connectivity index (χ2n) is 2.58. The van der Waals surface area contributed by atoms with Gasteiger partial charge in [0, 0.05) is 13.0 Å². The van der Waals surface area contributed by atoms with Crippen molar-refractivity contribution in [3.05, 3.63) is 0 Å². The summed E-state index contributed by atoms with van der Waals surface area (Å²) in [7, 11) is 0. The molecule has 0 saturated heterocycles. The molecule has 0 aromatic heterocycles. The van der Waals surface area contributed by atoms with E-state index in [0.717, 1.165) is 0 Å². The van der Waals surface area contributed by atoms with Crippen molar-refractivity contribution in [2.75, 3.05) is 26.4 Å². The summed E-state index contributed by atoms with van der Waals surface area (Å²) in [5.41, 5.74) is 0. The second kappa shape index (κ2) is 7.97. The van der Waals surface area contributed by atoms with Gasteiger partial charge in [0.15, 0.2) is 0 Å². The number of aliphatic hydroxyl groups is 2. The van der Waals surface area contributed by atoms with Gasteiger partial charge >= 0.3 is 0 Å². The Hall–Kier alpha value is -0.650. The summed E-state index contributed by atoms with van der Waals surface area (Å²) < 4.78 is 4.97. The van der Waals surface area contributed by atoms with Gasteiger partial charge in [-0.25, -0.2) is 0 Å². The number of hydrogen-bond acceptors (Lipinski definition) is 4. The van der Waals surface area contributed by atoms with Gasteiger partial charge < -0.3 is 20.3 Å². The van der Waals surface area contributed by atoms with Crippen molar-refractivity contribution in [1.29, 1.82) is 0 Å². The van der Waals surface area contributed by atoms with Gasteiger partial charge in [-0.2, -0.15) is 0 Å². The van der Waals surface area contributed by atoms with E-state index in [1.54, 1.807) is 0 Å². The van der Waals surface area contributed by atoms with Crippen LogP contribution in [-0.4, -0.2) is 48.6 Å². The van der Waals surface area contributed by atoms with Crippen LogP contribution < -0.4 is 5.32 Å². The molecule has 13 heavy (non-hydrogen) atoms. The van der Waals surface area contributed by atoms with Crippen molar-refractivity contribution in [3.8, 4) is 0 Å². The molecule has 0 aliphatic carbocycles. The van der Waals surface area contributed by atoms with Crippen LogP contribution in [0.1, 0.15) is 13.3 Å². The van der Waals surface area contributed by atoms with Crippen LogP contribution in [-0.2, 0) is 9.53 Å². The van der Waals surface area contributed by atoms with Crippen molar-refractivity contribution in [1.82, 2.24) is 5.32 Å². The van der Waals surface area contributed by atoms with Gasteiger partial charge in [-0.05, 0) is 6.92 Å². The highest BCUT2D eigenvalue weighted by Gasteiger charge is 2.08. The average molecular weight is 191 g/mol. The highest BCUT2D eigenvalue weighted by atomic mass is 16.5. The van der Waals surface area contributed by atoms with Gasteiger partial charge in [-0.15, -0.1) is 0 Å². The number of aliphatic hydroxyl groups excluding tert-OH is 2. The van der Waals surface area contributed by atoms with E-state index in [4.69, 9.17) is 14.9 Å². The minimum absolute atomic E-state index is 0.221. The maximum absolute atomic E-state index is 11.0. The summed E-state index contributed by atoms with van der Waals surface area (Å²) >= 11 is 0. The van der Waals surface area contributed by atoms with E-state index in [1.807, 2.05) is 6.92 Å². The summed E-state index contributed by atoms with van der Waals surface area (Å²) in [6.45, 7) is 2.29. The lowest BCUT2D eigenvalue weighted by molar-refractivity contribution is -0.123. The van der Waals surface area contributed by atoms with Crippen molar-refractivity contribution in [2.45, 2.75) is 19.4 Å². The normalized spacial score (nSPS) is 10.5. The number of amides is 1. The quantitative estimate of drug-likeness (QED) is 0.445. The molecule has 1 amide bonds. The smallest absolute Gasteiger partial charge is 0.222 e. The number of carbonyl (C=O) groups is 1. The van der Waals surface area contributed by atoms with Gasteiger partial charge in [0.25, 0.3) is 0 Å². The van der Waals surface area contributed by atoms with E-state index in [1.165, 1.54) is 0 Å². The van der Waals surface area contributed by atoms with Crippen LogP contribution in [0.25, 0.3) is 0 Å². The fourth-order valence-corrected chi connectivity index (χ4v) is 0.758. The van der Waals surface area contributed by atoms with E-state index in [2.05, 4.69) is 5.32 Å². The summed E-state index contributed by atoms with van der Waals surface area (Å²) in [5, 5.41) is 19.7. The Bertz CT molecular complexity index is 136. The third kappa shape index (κ3) is 6.51.